The molecule has 0 aliphatic carbocycles. The summed E-state index contributed by atoms with van der Waals surface area (Å²) >= 11 is 0. The van der Waals surface area contributed by atoms with Crippen LogP contribution in [-0.4, -0.2) is 12.9 Å². The third-order valence-electron chi connectivity index (χ3n) is 8.34. The number of hydrogen-bond donors (Lipinski definition) is 2. The maximum Gasteiger partial charge on any atom is 0.0859 e. The van der Waals surface area contributed by atoms with Gasteiger partial charge in [-0.2, -0.15) is 0 Å². The lowest BCUT2D eigenvalue weighted by molar-refractivity contribution is 0.872. The van der Waals surface area contributed by atoms with Crippen molar-refractivity contribution in [1.82, 2.24) is 0 Å². The summed E-state index contributed by atoms with van der Waals surface area (Å²) < 4.78 is 0. The number of nitrogens with two attached hydrogens (primary N) is 2. The second-order valence-electron chi connectivity index (χ2n) is 11.7. The van der Waals surface area contributed by atoms with Crippen LogP contribution in [0.3, 0.4) is 0 Å². The van der Waals surface area contributed by atoms with Crippen LogP contribution in [0, 0.1) is 0 Å². The summed E-state index contributed by atoms with van der Waals surface area (Å²) in [5, 5.41) is 0. The SMILES string of the molecule is C/C=C(\C=C/CC)c1ccc(-c2cc(-c3ccccc3)cc(C(N)c3ccccc3)c2)cc1.CC.NC/N=C\c1ccc(-c2ccccc2)cc1. The molecular weight excluding hydrogens is 619 g/mol. The maximum absolute atomic E-state index is 6.72. The molecule has 1 atom stereocenters. The summed E-state index contributed by atoms with van der Waals surface area (Å²) in [4.78, 5) is 4.00. The van der Waals surface area contributed by atoms with E-state index in [1.54, 1.807) is 6.21 Å². The Morgan fingerprint density at radius 3 is 1.57 bits per heavy atom. The number of benzene rings is 6. The molecule has 3 heteroatoms. The molecule has 0 aromatic heterocycles. The van der Waals surface area contributed by atoms with E-state index in [1.165, 1.54) is 44.5 Å². The minimum Gasteiger partial charge on any atom is -0.320 e. The Hall–Kier alpha value is -5.61. The lowest BCUT2D eigenvalue weighted by atomic mass is 9.91. The smallest absolute Gasteiger partial charge is 0.0859 e. The molecule has 0 amide bonds. The maximum atomic E-state index is 6.72. The molecular formula is C48H51N3. The van der Waals surface area contributed by atoms with E-state index in [4.69, 9.17) is 11.5 Å². The van der Waals surface area contributed by atoms with Crippen molar-refractivity contribution >= 4 is 11.8 Å². The number of aliphatic imine (C=N–C) groups is 1. The third-order valence-corrected chi connectivity index (χ3v) is 8.34. The molecule has 51 heavy (non-hydrogen) atoms. The third kappa shape index (κ3) is 11.2. The highest BCUT2D eigenvalue weighted by Crippen LogP contribution is 2.33. The minimum absolute atomic E-state index is 0.179. The highest BCUT2D eigenvalue weighted by atomic mass is 14.8. The van der Waals surface area contributed by atoms with Crippen LogP contribution in [0.15, 0.2) is 181 Å². The van der Waals surface area contributed by atoms with Crippen molar-refractivity contribution in [3.63, 3.8) is 0 Å². The average molecular weight is 670 g/mol. The second-order valence-corrected chi connectivity index (χ2v) is 11.7. The summed E-state index contributed by atoms with van der Waals surface area (Å²) in [6, 6.07) is 54.7. The van der Waals surface area contributed by atoms with Gasteiger partial charge in [0.25, 0.3) is 0 Å². The molecule has 6 rings (SSSR count). The first-order valence-corrected chi connectivity index (χ1v) is 17.9. The Kier molecular flexibility index (Phi) is 15.6. The van der Waals surface area contributed by atoms with Gasteiger partial charge in [-0.15, -0.1) is 0 Å². The number of nitrogens with zero attached hydrogens (tertiary/aromatic N) is 1. The number of hydrogen-bond acceptors (Lipinski definition) is 3. The summed E-state index contributed by atoms with van der Waals surface area (Å²) in [6.07, 6.45) is 9.38. The number of rotatable bonds is 10. The van der Waals surface area contributed by atoms with Crippen molar-refractivity contribution in [2.45, 2.75) is 40.2 Å². The first kappa shape index (κ1) is 38.2. The van der Waals surface area contributed by atoms with Gasteiger partial charge < -0.3 is 11.5 Å². The van der Waals surface area contributed by atoms with Crippen LogP contribution in [0.25, 0.3) is 39.0 Å². The molecule has 0 aliphatic rings. The molecule has 0 aliphatic heterocycles. The molecule has 6 aromatic rings. The summed E-state index contributed by atoms with van der Waals surface area (Å²) in [5.41, 5.74) is 25.0. The van der Waals surface area contributed by atoms with Gasteiger partial charge in [-0.3, -0.25) is 4.99 Å². The predicted octanol–water partition coefficient (Wildman–Crippen LogP) is 12.2. The van der Waals surface area contributed by atoms with Crippen molar-refractivity contribution in [3.05, 3.63) is 198 Å². The summed E-state index contributed by atoms with van der Waals surface area (Å²) in [5.74, 6) is 0. The Morgan fingerprint density at radius 1 is 0.588 bits per heavy atom. The zero-order valence-electron chi connectivity index (χ0n) is 30.4. The van der Waals surface area contributed by atoms with Crippen molar-refractivity contribution in [2.75, 3.05) is 6.67 Å². The van der Waals surface area contributed by atoms with E-state index in [1.807, 2.05) is 62.4 Å². The van der Waals surface area contributed by atoms with E-state index in [0.29, 0.717) is 6.67 Å². The van der Waals surface area contributed by atoms with Gasteiger partial charge in [0.15, 0.2) is 0 Å². The molecule has 4 N–H and O–H groups in total. The van der Waals surface area contributed by atoms with Gasteiger partial charge in [-0.25, -0.2) is 0 Å². The Balaban J connectivity index is 0.000000271. The fourth-order valence-electron chi connectivity index (χ4n) is 5.66. The monoisotopic (exact) mass is 669 g/mol. The van der Waals surface area contributed by atoms with Gasteiger partial charge >= 0.3 is 0 Å². The van der Waals surface area contributed by atoms with Gasteiger partial charge in [0.05, 0.1) is 12.7 Å². The van der Waals surface area contributed by atoms with Crippen LogP contribution < -0.4 is 11.5 Å². The molecule has 0 saturated carbocycles. The zero-order valence-corrected chi connectivity index (χ0v) is 30.4. The highest BCUT2D eigenvalue weighted by molar-refractivity contribution is 5.81. The van der Waals surface area contributed by atoms with Crippen molar-refractivity contribution in [3.8, 4) is 33.4 Å². The quantitative estimate of drug-likeness (QED) is 0.113. The molecule has 0 fully saturated rings. The van der Waals surface area contributed by atoms with Crippen LogP contribution in [0.5, 0.6) is 0 Å². The molecule has 0 heterocycles. The van der Waals surface area contributed by atoms with Gasteiger partial charge in [0.1, 0.15) is 0 Å². The lowest BCUT2D eigenvalue weighted by Crippen LogP contribution is -2.12. The Morgan fingerprint density at radius 2 is 1.06 bits per heavy atom. The number of allylic oxidation sites excluding steroid dienone is 4. The van der Waals surface area contributed by atoms with Crippen molar-refractivity contribution < 1.29 is 0 Å². The topological polar surface area (TPSA) is 64.4 Å². The fourth-order valence-corrected chi connectivity index (χ4v) is 5.66. The largest absolute Gasteiger partial charge is 0.320 e. The Labute approximate surface area is 305 Å². The molecule has 1 unspecified atom stereocenters. The molecule has 0 bridgehead atoms. The van der Waals surface area contributed by atoms with Crippen LogP contribution in [0.2, 0.25) is 0 Å². The van der Waals surface area contributed by atoms with Crippen LogP contribution in [0.1, 0.15) is 62.4 Å². The lowest BCUT2D eigenvalue weighted by Gasteiger charge is -2.17. The van der Waals surface area contributed by atoms with E-state index < -0.39 is 0 Å². The van der Waals surface area contributed by atoms with E-state index in [9.17, 15) is 0 Å². The van der Waals surface area contributed by atoms with E-state index in [0.717, 1.165) is 23.1 Å². The first-order chi connectivity index (χ1) is 25.1. The fraction of sp³-hybridized carbons (Fsp3) is 0.146. The van der Waals surface area contributed by atoms with Gasteiger partial charge in [-0.05, 0) is 92.8 Å². The molecule has 0 radical (unpaired) electrons. The van der Waals surface area contributed by atoms with Gasteiger partial charge in [0, 0.05) is 6.21 Å². The molecule has 0 saturated heterocycles. The summed E-state index contributed by atoms with van der Waals surface area (Å²) in [7, 11) is 0. The first-order valence-electron chi connectivity index (χ1n) is 17.9. The summed E-state index contributed by atoms with van der Waals surface area (Å²) in [6.45, 7) is 8.58. The van der Waals surface area contributed by atoms with Gasteiger partial charge in [-0.1, -0.05) is 179 Å². The molecule has 0 spiro atoms. The zero-order chi connectivity index (χ0) is 36.3. The van der Waals surface area contributed by atoms with E-state index in [2.05, 4.69) is 146 Å². The minimum atomic E-state index is -0.179. The van der Waals surface area contributed by atoms with Gasteiger partial charge in [0.2, 0.25) is 0 Å². The highest BCUT2D eigenvalue weighted by Gasteiger charge is 2.13. The normalized spacial score (nSPS) is 11.8. The van der Waals surface area contributed by atoms with Crippen molar-refractivity contribution in [1.29, 1.82) is 0 Å². The van der Waals surface area contributed by atoms with E-state index in [-0.39, 0.29) is 6.04 Å². The van der Waals surface area contributed by atoms with Crippen LogP contribution >= 0.6 is 0 Å². The average Bonchev–Trinajstić information content (AvgIpc) is 3.22. The van der Waals surface area contributed by atoms with E-state index >= 15 is 0 Å². The molecule has 3 nitrogen and oxygen atoms in total. The van der Waals surface area contributed by atoms with Crippen molar-refractivity contribution in [2.24, 2.45) is 16.5 Å². The predicted molar refractivity (Wildman–Crippen MR) is 223 cm³/mol. The molecule has 258 valence electrons. The van der Waals surface area contributed by atoms with Crippen LogP contribution in [-0.2, 0) is 0 Å². The Bertz CT molecular complexity index is 1960. The molecule has 6 aromatic carbocycles. The standard InChI is InChI=1S/C32H31N.C14H14N2.C2H6/c1-3-5-12-24(4-2)26-17-19-27(20-18-26)30-21-29(25-13-8-6-9-14-25)22-31(23-30)32(33)28-15-10-7-11-16-28;15-11-16-10-12-6-8-14(9-7-12)13-4-2-1-3-5-13;1-2/h4-23,32H,3,33H2,1-2H3;1-10H,11,15H2;1-2H3/b12-5-,24-4+;16-10-;. The van der Waals surface area contributed by atoms with Crippen LogP contribution in [0.4, 0.5) is 0 Å². The second kappa shape index (κ2) is 20.8.